The molecule has 0 aromatic heterocycles. The van der Waals surface area contributed by atoms with E-state index in [-0.39, 0.29) is 5.54 Å². The smallest absolute Gasteiger partial charge is 0.102 e. The molecule has 0 amide bonds. The summed E-state index contributed by atoms with van der Waals surface area (Å²) in [5, 5.41) is 0. The molecular formula is C8H18N2O. The maximum absolute atomic E-state index is 5.37. The number of rotatable bonds is 0. The Bertz CT molecular complexity index is 131. The second kappa shape index (κ2) is 3.09. The van der Waals surface area contributed by atoms with E-state index in [1.165, 1.54) is 0 Å². The van der Waals surface area contributed by atoms with Crippen molar-refractivity contribution in [2.24, 2.45) is 0 Å². The third-order valence-corrected chi connectivity index (χ3v) is 1.92. The van der Waals surface area contributed by atoms with Crippen LogP contribution < -0.4 is 0 Å². The Hall–Kier alpha value is -0.120. The Morgan fingerprint density at radius 3 is 2.18 bits per heavy atom. The minimum atomic E-state index is 0.217. The molecule has 1 rings (SSSR count). The highest BCUT2D eigenvalue weighted by Gasteiger charge is 2.25. The Morgan fingerprint density at radius 1 is 1.18 bits per heavy atom. The molecule has 1 fully saturated rings. The SMILES string of the molecule is CN1COCN(C(C)(C)C)C1. The van der Waals surface area contributed by atoms with E-state index >= 15 is 0 Å². The van der Waals surface area contributed by atoms with Gasteiger partial charge in [0.15, 0.2) is 0 Å². The van der Waals surface area contributed by atoms with Crippen LogP contribution in [0.1, 0.15) is 20.8 Å². The third kappa shape index (κ3) is 2.43. The van der Waals surface area contributed by atoms with Crippen LogP contribution in [-0.2, 0) is 4.74 Å². The summed E-state index contributed by atoms with van der Waals surface area (Å²) in [6.07, 6.45) is 0. The molecule has 0 bridgehead atoms. The van der Waals surface area contributed by atoms with Crippen LogP contribution in [-0.4, -0.2) is 42.5 Å². The molecule has 1 aliphatic rings. The predicted octanol–water partition coefficient (Wildman–Crippen LogP) is 0.921. The van der Waals surface area contributed by atoms with Gasteiger partial charge in [0.25, 0.3) is 0 Å². The van der Waals surface area contributed by atoms with Crippen LogP contribution in [0, 0.1) is 0 Å². The second-order valence-electron chi connectivity index (χ2n) is 4.17. The molecule has 11 heavy (non-hydrogen) atoms. The lowest BCUT2D eigenvalue weighted by atomic mass is 10.1. The zero-order chi connectivity index (χ0) is 8.48. The maximum Gasteiger partial charge on any atom is 0.102 e. The molecule has 0 unspecified atom stereocenters. The fourth-order valence-corrected chi connectivity index (χ4v) is 1.09. The van der Waals surface area contributed by atoms with E-state index in [1.54, 1.807) is 0 Å². The van der Waals surface area contributed by atoms with Gasteiger partial charge in [-0.1, -0.05) is 0 Å². The first-order valence-corrected chi connectivity index (χ1v) is 4.01. The van der Waals surface area contributed by atoms with E-state index < -0.39 is 0 Å². The van der Waals surface area contributed by atoms with Crippen LogP contribution in [0.2, 0.25) is 0 Å². The second-order valence-corrected chi connectivity index (χ2v) is 4.17. The lowest BCUT2D eigenvalue weighted by Crippen LogP contribution is -2.52. The monoisotopic (exact) mass is 158 g/mol. The molecule has 0 aromatic carbocycles. The highest BCUT2D eigenvalue weighted by atomic mass is 16.5. The normalized spacial score (nSPS) is 24.0. The lowest BCUT2D eigenvalue weighted by molar-refractivity contribution is -0.132. The molecule has 1 saturated heterocycles. The molecule has 0 atom stereocenters. The van der Waals surface area contributed by atoms with Crippen molar-refractivity contribution in [1.29, 1.82) is 0 Å². The van der Waals surface area contributed by atoms with E-state index in [2.05, 4.69) is 37.6 Å². The Balaban J connectivity index is 2.46. The summed E-state index contributed by atoms with van der Waals surface area (Å²) in [5.41, 5.74) is 0.217. The Kier molecular flexibility index (Phi) is 2.52. The molecule has 1 heterocycles. The van der Waals surface area contributed by atoms with E-state index in [4.69, 9.17) is 4.74 Å². The first-order valence-electron chi connectivity index (χ1n) is 4.01. The van der Waals surface area contributed by atoms with E-state index in [1.807, 2.05) is 0 Å². The summed E-state index contributed by atoms with van der Waals surface area (Å²) in [4.78, 5) is 4.46. The molecule has 1 aliphatic heterocycles. The van der Waals surface area contributed by atoms with Crippen molar-refractivity contribution < 1.29 is 4.74 Å². The van der Waals surface area contributed by atoms with E-state index in [0.717, 1.165) is 20.1 Å². The van der Waals surface area contributed by atoms with Crippen LogP contribution >= 0.6 is 0 Å². The largest absolute Gasteiger partial charge is 0.351 e. The highest BCUT2D eigenvalue weighted by Crippen LogP contribution is 2.15. The van der Waals surface area contributed by atoms with Gasteiger partial charge in [-0.25, -0.2) is 0 Å². The van der Waals surface area contributed by atoms with Crippen LogP contribution in [0.5, 0.6) is 0 Å². The van der Waals surface area contributed by atoms with Gasteiger partial charge in [-0.3, -0.25) is 9.80 Å². The van der Waals surface area contributed by atoms with E-state index in [0.29, 0.717) is 0 Å². The van der Waals surface area contributed by atoms with Crippen LogP contribution in [0.3, 0.4) is 0 Å². The third-order valence-electron chi connectivity index (χ3n) is 1.92. The van der Waals surface area contributed by atoms with Crippen LogP contribution in [0.25, 0.3) is 0 Å². The summed E-state index contributed by atoms with van der Waals surface area (Å²) in [6, 6.07) is 0. The Morgan fingerprint density at radius 2 is 1.82 bits per heavy atom. The minimum Gasteiger partial charge on any atom is -0.351 e. The van der Waals surface area contributed by atoms with Gasteiger partial charge in [0.1, 0.15) is 13.5 Å². The molecule has 3 nitrogen and oxygen atoms in total. The van der Waals surface area contributed by atoms with Crippen LogP contribution in [0.4, 0.5) is 0 Å². The molecule has 0 saturated carbocycles. The lowest BCUT2D eigenvalue weighted by Gasteiger charge is -2.41. The van der Waals surface area contributed by atoms with Crippen molar-refractivity contribution >= 4 is 0 Å². The van der Waals surface area contributed by atoms with E-state index in [9.17, 15) is 0 Å². The Labute approximate surface area is 68.9 Å². The molecule has 66 valence electrons. The van der Waals surface area contributed by atoms with Gasteiger partial charge in [0.05, 0.1) is 6.67 Å². The number of hydrogen-bond donors (Lipinski definition) is 0. The van der Waals surface area contributed by atoms with Crippen LogP contribution in [0.15, 0.2) is 0 Å². The molecule has 3 heteroatoms. The van der Waals surface area contributed by atoms with Crippen molar-refractivity contribution in [2.75, 3.05) is 27.2 Å². The fourth-order valence-electron chi connectivity index (χ4n) is 1.09. The first-order chi connectivity index (χ1) is 5.00. The molecule has 0 radical (unpaired) electrons. The van der Waals surface area contributed by atoms with Gasteiger partial charge in [-0.15, -0.1) is 0 Å². The summed E-state index contributed by atoms with van der Waals surface area (Å²) in [5.74, 6) is 0. The molecule has 0 N–H and O–H groups in total. The summed E-state index contributed by atoms with van der Waals surface area (Å²) >= 11 is 0. The summed E-state index contributed by atoms with van der Waals surface area (Å²) < 4.78 is 5.37. The molecule has 0 spiro atoms. The molecule has 0 aliphatic carbocycles. The van der Waals surface area contributed by atoms with Crippen molar-refractivity contribution in [3.05, 3.63) is 0 Å². The zero-order valence-corrected chi connectivity index (χ0v) is 7.92. The van der Waals surface area contributed by atoms with Crippen molar-refractivity contribution in [3.8, 4) is 0 Å². The quantitative estimate of drug-likeness (QED) is 0.521. The number of hydrogen-bond acceptors (Lipinski definition) is 3. The average Bonchev–Trinajstić information content (AvgIpc) is 1.86. The van der Waals surface area contributed by atoms with Gasteiger partial charge < -0.3 is 4.74 Å². The zero-order valence-electron chi connectivity index (χ0n) is 7.92. The maximum atomic E-state index is 5.37. The minimum absolute atomic E-state index is 0.217. The van der Waals surface area contributed by atoms with Gasteiger partial charge in [-0.05, 0) is 27.8 Å². The van der Waals surface area contributed by atoms with Crippen molar-refractivity contribution in [1.82, 2.24) is 9.80 Å². The number of nitrogens with zero attached hydrogens (tertiary/aromatic N) is 2. The summed E-state index contributed by atoms with van der Waals surface area (Å²) in [6.45, 7) is 9.13. The van der Waals surface area contributed by atoms with Gasteiger partial charge >= 0.3 is 0 Å². The standard InChI is InChI=1S/C8H18N2O/c1-8(2,3)10-5-9(4)6-11-7-10/h5-7H2,1-4H3. The topological polar surface area (TPSA) is 15.7 Å². The summed E-state index contributed by atoms with van der Waals surface area (Å²) in [7, 11) is 2.07. The van der Waals surface area contributed by atoms with Gasteiger partial charge in [0, 0.05) is 5.54 Å². The average molecular weight is 158 g/mol. The fraction of sp³-hybridized carbons (Fsp3) is 1.00. The molecular weight excluding hydrogens is 140 g/mol. The van der Waals surface area contributed by atoms with Gasteiger partial charge in [-0.2, -0.15) is 0 Å². The van der Waals surface area contributed by atoms with Crippen molar-refractivity contribution in [2.45, 2.75) is 26.3 Å². The highest BCUT2D eigenvalue weighted by molar-refractivity contribution is 4.74. The number of ether oxygens (including phenoxy) is 1. The first kappa shape index (κ1) is 8.97. The van der Waals surface area contributed by atoms with Crippen molar-refractivity contribution in [3.63, 3.8) is 0 Å². The predicted molar refractivity (Wildman–Crippen MR) is 45.0 cm³/mol. The van der Waals surface area contributed by atoms with Gasteiger partial charge in [0.2, 0.25) is 0 Å². The molecule has 0 aromatic rings.